The van der Waals surface area contributed by atoms with Crippen LogP contribution >= 0.6 is 15.9 Å². The summed E-state index contributed by atoms with van der Waals surface area (Å²) in [7, 11) is 0. The maximum absolute atomic E-state index is 4.38. The average molecular weight is 322 g/mol. The molecule has 0 unspecified atom stereocenters. The maximum Gasteiger partial charge on any atom is 0.164 e. The summed E-state index contributed by atoms with van der Waals surface area (Å²) in [6.45, 7) is 9.61. The quantitative estimate of drug-likeness (QED) is 0.793. The lowest BCUT2D eigenvalue weighted by Gasteiger charge is -2.13. The molecule has 0 bridgehead atoms. The molecule has 1 aromatic heterocycles. The van der Waals surface area contributed by atoms with Crippen LogP contribution in [0.5, 0.6) is 0 Å². The fourth-order valence-corrected chi connectivity index (χ4v) is 2.67. The van der Waals surface area contributed by atoms with Gasteiger partial charge in [0.15, 0.2) is 5.82 Å². The van der Waals surface area contributed by atoms with E-state index >= 15 is 0 Å². The molecule has 4 heteroatoms. The van der Waals surface area contributed by atoms with Crippen molar-refractivity contribution in [1.82, 2.24) is 14.8 Å². The molecule has 1 heterocycles. The van der Waals surface area contributed by atoms with Gasteiger partial charge < -0.3 is 4.57 Å². The van der Waals surface area contributed by atoms with Crippen LogP contribution in [0.15, 0.2) is 18.2 Å². The van der Waals surface area contributed by atoms with E-state index in [0.717, 1.165) is 23.5 Å². The molecule has 0 saturated carbocycles. The summed E-state index contributed by atoms with van der Waals surface area (Å²) in [5, 5.41) is 9.41. The van der Waals surface area contributed by atoms with Crippen LogP contribution in [0.25, 0.3) is 11.4 Å². The molecule has 3 nitrogen and oxygen atoms in total. The molecule has 0 N–H and O–H groups in total. The molecule has 0 aliphatic rings. The summed E-state index contributed by atoms with van der Waals surface area (Å²) in [6.07, 6.45) is 0. The predicted molar refractivity (Wildman–Crippen MR) is 82.4 cm³/mol. The molecule has 19 heavy (non-hydrogen) atoms. The number of aryl methyl sites for hydroxylation is 2. The lowest BCUT2D eigenvalue weighted by Crippen LogP contribution is -2.09. The molecule has 0 aliphatic heterocycles. The highest BCUT2D eigenvalue weighted by Gasteiger charge is 2.15. The minimum absolute atomic E-state index is 0.568. The summed E-state index contributed by atoms with van der Waals surface area (Å²) in [4.78, 5) is 0. The van der Waals surface area contributed by atoms with Gasteiger partial charge in [0.2, 0.25) is 0 Å². The Hall–Kier alpha value is -1.16. The summed E-state index contributed by atoms with van der Waals surface area (Å²) < 4.78 is 2.22. The molecular formula is C15H20BrN3. The van der Waals surface area contributed by atoms with Gasteiger partial charge in [0.05, 0.1) is 5.33 Å². The van der Waals surface area contributed by atoms with E-state index in [1.54, 1.807) is 0 Å². The Morgan fingerprint density at radius 3 is 2.53 bits per heavy atom. The number of benzene rings is 1. The Morgan fingerprint density at radius 1 is 1.21 bits per heavy atom. The third-order valence-corrected chi connectivity index (χ3v) is 3.62. The van der Waals surface area contributed by atoms with Gasteiger partial charge >= 0.3 is 0 Å². The average Bonchev–Trinajstić information content (AvgIpc) is 2.71. The Morgan fingerprint density at radius 2 is 1.95 bits per heavy atom. The highest BCUT2D eigenvalue weighted by molar-refractivity contribution is 9.08. The number of rotatable bonds is 4. The molecular weight excluding hydrogens is 302 g/mol. The van der Waals surface area contributed by atoms with Gasteiger partial charge in [0.1, 0.15) is 5.82 Å². The zero-order valence-electron chi connectivity index (χ0n) is 11.9. The van der Waals surface area contributed by atoms with Crippen LogP contribution in [0, 0.1) is 19.8 Å². The molecule has 0 fully saturated rings. The molecule has 0 spiro atoms. The zero-order chi connectivity index (χ0) is 14.0. The molecule has 102 valence electrons. The molecule has 0 radical (unpaired) electrons. The van der Waals surface area contributed by atoms with E-state index in [1.807, 2.05) is 0 Å². The van der Waals surface area contributed by atoms with E-state index in [0.29, 0.717) is 5.92 Å². The smallest absolute Gasteiger partial charge is 0.164 e. The topological polar surface area (TPSA) is 30.7 Å². The van der Waals surface area contributed by atoms with Crippen molar-refractivity contribution < 1.29 is 0 Å². The van der Waals surface area contributed by atoms with Gasteiger partial charge in [-0.2, -0.15) is 0 Å². The standard InChI is InChI=1S/C15H20BrN3/c1-10(2)9-19-14(8-16)17-18-15(19)13-6-5-11(3)7-12(13)4/h5-7,10H,8-9H2,1-4H3. The van der Waals surface area contributed by atoms with Crippen molar-refractivity contribution >= 4 is 15.9 Å². The Labute approximate surface area is 123 Å². The lowest BCUT2D eigenvalue weighted by molar-refractivity contribution is 0.516. The van der Waals surface area contributed by atoms with Crippen molar-refractivity contribution in [1.29, 1.82) is 0 Å². The molecule has 2 rings (SSSR count). The molecule has 2 aromatic rings. The maximum atomic E-state index is 4.38. The molecule has 0 amide bonds. The highest BCUT2D eigenvalue weighted by atomic mass is 79.9. The van der Waals surface area contributed by atoms with Crippen LogP contribution < -0.4 is 0 Å². The fourth-order valence-electron chi connectivity index (χ4n) is 2.25. The van der Waals surface area contributed by atoms with E-state index in [2.05, 4.69) is 76.6 Å². The van der Waals surface area contributed by atoms with Gasteiger partial charge in [-0.3, -0.25) is 0 Å². The SMILES string of the molecule is Cc1ccc(-c2nnc(CBr)n2CC(C)C)c(C)c1. The Balaban J connectivity index is 2.52. The third-order valence-electron chi connectivity index (χ3n) is 3.12. The highest BCUT2D eigenvalue weighted by Crippen LogP contribution is 2.24. The third kappa shape index (κ3) is 3.06. The summed E-state index contributed by atoms with van der Waals surface area (Å²) in [5.74, 6) is 2.53. The fraction of sp³-hybridized carbons (Fsp3) is 0.467. The van der Waals surface area contributed by atoms with Gasteiger partial charge in [-0.05, 0) is 25.3 Å². The van der Waals surface area contributed by atoms with E-state index in [4.69, 9.17) is 0 Å². The zero-order valence-corrected chi connectivity index (χ0v) is 13.5. The van der Waals surface area contributed by atoms with Crippen LogP contribution in [0.4, 0.5) is 0 Å². The van der Waals surface area contributed by atoms with Gasteiger partial charge in [0.25, 0.3) is 0 Å². The van der Waals surface area contributed by atoms with Crippen molar-refractivity contribution in [2.45, 2.75) is 39.6 Å². The largest absolute Gasteiger partial charge is 0.310 e. The van der Waals surface area contributed by atoms with Crippen molar-refractivity contribution in [3.63, 3.8) is 0 Å². The first-order valence-electron chi connectivity index (χ1n) is 6.58. The van der Waals surface area contributed by atoms with Crippen molar-refractivity contribution in [2.24, 2.45) is 5.92 Å². The van der Waals surface area contributed by atoms with Crippen molar-refractivity contribution in [2.75, 3.05) is 0 Å². The summed E-state index contributed by atoms with van der Waals surface area (Å²) >= 11 is 3.49. The van der Waals surface area contributed by atoms with Gasteiger partial charge in [-0.15, -0.1) is 10.2 Å². The van der Waals surface area contributed by atoms with Crippen LogP contribution in [0.2, 0.25) is 0 Å². The number of alkyl halides is 1. The first-order valence-corrected chi connectivity index (χ1v) is 7.70. The van der Waals surface area contributed by atoms with E-state index < -0.39 is 0 Å². The molecule has 0 saturated heterocycles. The molecule has 1 aromatic carbocycles. The lowest BCUT2D eigenvalue weighted by atomic mass is 10.0. The van der Waals surface area contributed by atoms with Gasteiger partial charge in [0, 0.05) is 12.1 Å². The number of nitrogens with zero attached hydrogens (tertiary/aromatic N) is 3. The Kier molecular flexibility index (Phi) is 4.40. The second kappa shape index (κ2) is 5.87. The second-order valence-corrected chi connectivity index (χ2v) is 5.96. The number of aromatic nitrogens is 3. The van der Waals surface area contributed by atoms with Gasteiger partial charge in [-0.25, -0.2) is 0 Å². The van der Waals surface area contributed by atoms with Crippen LogP contribution in [-0.4, -0.2) is 14.8 Å². The first kappa shape index (κ1) is 14.3. The monoisotopic (exact) mass is 321 g/mol. The Bertz CT molecular complexity index is 573. The van der Waals surface area contributed by atoms with Crippen LogP contribution in [-0.2, 0) is 11.9 Å². The van der Waals surface area contributed by atoms with Crippen LogP contribution in [0.1, 0.15) is 30.8 Å². The van der Waals surface area contributed by atoms with E-state index in [1.165, 1.54) is 16.7 Å². The van der Waals surface area contributed by atoms with E-state index in [9.17, 15) is 0 Å². The summed E-state index contributed by atoms with van der Waals surface area (Å²) in [5.41, 5.74) is 3.70. The van der Waals surface area contributed by atoms with Crippen molar-refractivity contribution in [3.05, 3.63) is 35.2 Å². The number of halogens is 1. The molecule has 0 atom stereocenters. The first-order chi connectivity index (χ1) is 9.02. The number of hydrogen-bond acceptors (Lipinski definition) is 2. The van der Waals surface area contributed by atoms with Crippen LogP contribution in [0.3, 0.4) is 0 Å². The van der Waals surface area contributed by atoms with Gasteiger partial charge in [-0.1, -0.05) is 53.5 Å². The predicted octanol–water partition coefficient (Wildman–Crippen LogP) is 4.11. The van der Waals surface area contributed by atoms with E-state index in [-0.39, 0.29) is 0 Å². The van der Waals surface area contributed by atoms with Crippen molar-refractivity contribution in [3.8, 4) is 11.4 Å². The number of hydrogen-bond donors (Lipinski definition) is 0. The summed E-state index contributed by atoms with van der Waals surface area (Å²) in [6, 6.07) is 6.46. The second-order valence-electron chi connectivity index (χ2n) is 5.40. The normalized spacial score (nSPS) is 11.3. The minimum atomic E-state index is 0.568. The molecule has 0 aliphatic carbocycles. The minimum Gasteiger partial charge on any atom is -0.310 e.